The van der Waals surface area contributed by atoms with E-state index in [1.165, 1.54) is 6.42 Å². The number of halogens is 1. The number of aromatic nitrogens is 4. The van der Waals surface area contributed by atoms with Crippen LogP contribution in [0.3, 0.4) is 0 Å². The molecule has 1 heterocycles. The summed E-state index contributed by atoms with van der Waals surface area (Å²) in [5, 5.41) is 12.5. The van der Waals surface area contributed by atoms with Crippen molar-refractivity contribution in [2.45, 2.75) is 26.8 Å². The molecular formula is C13H16ClN5. The molecule has 6 heteroatoms. The molecule has 1 unspecified atom stereocenters. The lowest BCUT2D eigenvalue weighted by Crippen LogP contribution is -2.07. The van der Waals surface area contributed by atoms with E-state index in [9.17, 15) is 0 Å². The molecule has 1 aliphatic rings. The van der Waals surface area contributed by atoms with Crippen molar-refractivity contribution in [1.82, 2.24) is 20.2 Å². The molecule has 0 radical (unpaired) electrons. The van der Waals surface area contributed by atoms with Crippen LogP contribution in [0.1, 0.15) is 20.3 Å². The molecule has 0 amide bonds. The Morgan fingerprint density at radius 3 is 2.84 bits per heavy atom. The van der Waals surface area contributed by atoms with Gasteiger partial charge in [-0.15, -0.1) is 5.10 Å². The zero-order chi connectivity index (χ0) is 13.6. The molecule has 2 aromatic rings. The predicted octanol–water partition coefficient (Wildman–Crippen LogP) is 2.62. The Labute approximate surface area is 116 Å². The lowest BCUT2D eigenvalue weighted by Gasteiger charge is -2.07. The number of nitrogen functional groups attached to an aromatic ring is 1. The number of nitrogens with zero attached hydrogens (tertiary/aromatic N) is 4. The van der Waals surface area contributed by atoms with E-state index in [2.05, 4.69) is 29.4 Å². The summed E-state index contributed by atoms with van der Waals surface area (Å²) in [5.74, 6) is 1.33. The minimum Gasteiger partial charge on any atom is -0.399 e. The van der Waals surface area contributed by atoms with E-state index in [0.29, 0.717) is 27.9 Å². The Bertz CT molecular complexity index is 619. The molecule has 1 aromatic heterocycles. The maximum absolute atomic E-state index is 6.21. The molecule has 0 spiro atoms. The average Bonchev–Trinajstić information content (AvgIpc) is 2.72. The molecule has 19 heavy (non-hydrogen) atoms. The van der Waals surface area contributed by atoms with Gasteiger partial charge in [-0.25, -0.2) is 4.68 Å². The van der Waals surface area contributed by atoms with Gasteiger partial charge in [0, 0.05) is 17.8 Å². The van der Waals surface area contributed by atoms with Crippen LogP contribution in [0.5, 0.6) is 0 Å². The third-order valence-corrected chi connectivity index (χ3v) is 4.19. The first-order valence-corrected chi connectivity index (χ1v) is 6.67. The van der Waals surface area contributed by atoms with Gasteiger partial charge in [0.1, 0.15) is 0 Å². The van der Waals surface area contributed by atoms with Gasteiger partial charge in [-0.2, -0.15) is 0 Å². The number of tetrazole rings is 1. The quantitative estimate of drug-likeness (QED) is 0.876. The summed E-state index contributed by atoms with van der Waals surface area (Å²) < 4.78 is 1.83. The van der Waals surface area contributed by atoms with Gasteiger partial charge in [-0.3, -0.25) is 0 Å². The maximum Gasteiger partial charge on any atom is 0.183 e. The van der Waals surface area contributed by atoms with Gasteiger partial charge in [0.25, 0.3) is 0 Å². The topological polar surface area (TPSA) is 69.6 Å². The fourth-order valence-electron chi connectivity index (χ4n) is 2.33. The van der Waals surface area contributed by atoms with Gasteiger partial charge in [0.2, 0.25) is 0 Å². The first-order chi connectivity index (χ1) is 8.97. The zero-order valence-corrected chi connectivity index (χ0v) is 11.7. The number of hydrogen-bond donors (Lipinski definition) is 1. The van der Waals surface area contributed by atoms with E-state index in [0.717, 1.165) is 12.1 Å². The van der Waals surface area contributed by atoms with Gasteiger partial charge < -0.3 is 5.73 Å². The molecule has 1 atom stereocenters. The van der Waals surface area contributed by atoms with Crippen molar-refractivity contribution >= 4 is 17.3 Å². The monoisotopic (exact) mass is 277 g/mol. The summed E-state index contributed by atoms with van der Waals surface area (Å²) >= 11 is 6.21. The summed E-state index contributed by atoms with van der Waals surface area (Å²) in [6.45, 7) is 5.35. The van der Waals surface area contributed by atoms with Crippen molar-refractivity contribution in [3.05, 3.63) is 23.2 Å². The van der Waals surface area contributed by atoms with Crippen LogP contribution in [0, 0.1) is 11.3 Å². The molecule has 1 saturated carbocycles. The molecule has 5 nitrogen and oxygen atoms in total. The number of benzene rings is 1. The van der Waals surface area contributed by atoms with Crippen LogP contribution < -0.4 is 5.73 Å². The number of hydrogen-bond acceptors (Lipinski definition) is 4. The fraction of sp³-hybridized carbons (Fsp3) is 0.462. The van der Waals surface area contributed by atoms with Crippen LogP contribution in [0.15, 0.2) is 18.2 Å². The van der Waals surface area contributed by atoms with Crippen LogP contribution in [-0.2, 0) is 6.54 Å². The predicted molar refractivity (Wildman–Crippen MR) is 74.6 cm³/mol. The first-order valence-electron chi connectivity index (χ1n) is 6.29. The number of rotatable bonds is 3. The Morgan fingerprint density at radius 2 is 2.21 bits per heavy atom. The highest BCUT2D eigenvalue weighted by Crippen LogP contribution is 2.52. The Kier molecular flexibility index (Phi) is 2.74. The third kappa shape index (κ3) is 2.30. The average molecular weight is 278 g/mol. The van der Waals surface area contributed by atoms with Crippen molar-refractivity contribution in [2.24, 2.45) is 11.3 Å². The molecule has 1 fully saturated rings. The molecule has 1 aromatic carbocycles. The van der Waals surface area contributed by atoms with Crippen molar-refractivity contribution in [2.75, 3.05) is 5.73 Å². The van der Waals surface area contributed by atoms with E-state index in [-0.39, 0.29) is 0 Å². The summed E-state index contributed by atoms with van der Waals surface area (Å²) in [5.41, 5.74) is 7.55. The number of nitrogens with two attached hydrogens (primary N) is 1. The molecule has 100 valence electrons. The van der Waals surface area contributed by atoms with E-state index < -0.39 is 0 Å². The van der Waals surface area contributed by atoms with E-state index >= 15 is 0 Å². The van der Waals surface area contributed by atoms with E-state index in [4.69, 9.17) is 17.3 Å². The van der Waals surface area contributed by atoms with Crippen LogP contribution in [0.2, 0.25) is 5.02 Å². The zero-order valence-electron chi connectivity index (χ0n) is 11.0. The van der Waals surface area contributed by atoms with Crippen LogP contribution >= 0.6 is 11.6 Å². The van der Waals surface area contributed by atoms with Gasteiger partial charge in [0.15, 0.2) is 5.82 Å². The maximum atomic E-state index is 6.21. The SMILES string of the molecule is CC1(C)CC1Cn1nnnc1-c1ccc(N)cc1Cl. The molecule has 0 saturated heterocycles. The van der Waals surface area contributed by atoms with Crippen molar-refractivity contribution < 1.29 is 0 Å². The molecule has 2 N–H and O–H groups in total. The molecule has 3 rings (SSSR count). The summed E-state index contributed by atoms with van der Waals surface area (Å²) in [6.07, 6.45) is 1.21. The largest absolute Gasteiger partial charge is 0.399 e. The van der Waals surface area contributed by atoms with E-state index in [1.807, 2.05) is 10.7 Å². The van der Waals surface area contributed by atoms with Crippen LogP contribution in [0.25, 0.3) is 11.4 Å². The van der Waals surface area contributed by atoms with Crippen LogP contribution in [0.4, 0.5) is 5.69 Å². The minimum absolute atomic E-state index is 0.397. The smallest absolute Gasteiger partial charge is 0.183 e. The Hall–Kier alpha value is -1.62. The minimum atomic E-state index is 0.397. The standard InChI is InChI=1S/C13H16ClN5/c1-13(2)6-8(13)7-19-12(16-17-18-19)10-4-3-9(15)5-11(10)14/h3-5,8H,6-7,15H2,1-2H3. The molecular weight excluding hydrogens is 262 g/mol. The second-order valence-corrected chi connectivity index (χ2v) is 6.22. The summed E-state index contributed by atoms with van der Waals surface area (Å²) in [6, 6.07) is 5.39. The number of anilines is 1. The molecule has 1 aliphatic carbocycles. The van der Waals surface area contributed by atoms with Crippen molar-refractivity contribution in [3.8, 4) is 11.4 Å². The lowest BCUT2D eigenvalue weighted by molar-refractivity contribution is 0.467. The van der Waals surface area contributed by atoms with Gasteiger partial charge in [-0.1, -0.05) is 25.4 Å². The van der Waals surface area contributed by atoms with Crippen molar-refractivity contribution in [1.29, 1.82) is 0 Å². The highest BCUT2D eigenvalue weighted by molar-refractivity contribution is 6.33. The molecule has 0 aliphatic heterocycles. The summed E-state index contributed by atoms with van der Waals surface area (Å²) in [4.78, 5) is 0. The third-order valence-electron chi connectivity index (χ3n) is 3.88. The second kappa shape index (κ2) is 4.20. The lowest BCUT2D eigenvalue weighted by atomic mass is 10.1. The Balaban J connectivity index is 1.91. The summed E-state index contributed by atoms with van der Waals surface area (Å²) in [7, 11) is 0. The van der Waals surface area contributed by atoms with Gasteiger partial charge in [0.05, 0.1) is 5.02 Å². The fourth-order valence-corrected chi connectivity index (χ4v) is 2.60. The van der Waals surface area contributed by atoms with Crippen LogP contribution in [-0.4, -0.2) is 20.2 Å². The van der Waals surface area contributed by atoms with Gasteiger partial charge >= 0.3 is 0 Å². The van der Waals surface area contributed by atoms with E-state index in [1.54, 1.807) is 12.1 Å². The molecule has 0 bridgehead atoms. The first kappa shape index (κ1) is 12.4. The highest BCUT2D eigenvalue weighted by atomic mass is 35.5. The van der Waals surface area contributed by atoms with Crippen molar-refractivity contribution in [3.63, 3.8) is 0 Å². The normalized spacial score (nSPS) is 20.5. The second-order valence-electron chi connectivity index (χ2n) is 5.81. The Morgan fingerprint density at radius 1 is 1.47 bits per heavy atom. The highest BCUT2D eigenvalue weighted by Gasteiger charge is 2.46. The van der Waals surface area contributed by atoms with Gasteiger partial charge in [-0.05, 0) is 46.4 Å².